The number of nitrogens with zero attached hydrogens (tertiary/aromatic N) is 3. The van der Waals surface area contributed by atoms with Crippen LogP contribution in [0.25, 0.3) is 0 Å². The van der Waals surface area contributed by atoms with Gasteiger partial charge >= 0.3 is 0 Å². The lowest BCUT2D eigenvalue weighted by atomic mass is 9.89. The van der Waals surface area contributed by atoms with Gasteiger partial charge in [-0.25, -0.2) is 14.9 Å². The summed E-state index contributed by atoms with van der Waals surface area (Å²) in [4.78, 5) is 28.1. The van der Waals surface area contributed by atoms with Gasteiger partial charge in [-0.1, -0.05) is 45.8 Å². The zero-order valence-corrected chi connectivity index (χ0v) is 16.6. The summed E-state index contributed by atoms with van der Waals surface area (Å²) in [5.41, 5.74) is 2.95. The van der Waals surface area contributed by atoms with E-state index in [1.165, 1.54) is 10.5 Å². The van der Waals surface area contributed by atoms with Crippen LogP contribution in [0.2, 0.25) is 0 Å². The molecule has 5 nitrogen and oxygen atoms in total. The largest absolute Gasteiger partial charge is 0.274 e. The second kappa shape index (κ2) is 6.26. The van der Waals surface area contributed by atoms with E-state index < -0.39 is 6.04 Å². The van der Waals surface area contributed by atoms with E-state index in [1.807, 2.05) is 24.3 Å². The van der Waals surface area contributed by atoms with Gasteiger partial charge < -0.3 is 0 Å². The number of halogens is 1. The molecule has 3 saturated heterocycles. The van der Waals surface area contributed by atoms with E-state index in [-0.39, 0.29) is 23.8 Å². The Hall–Kier alpha value is -2.02. The van der Waals surface area contributed by atoms with E-state index in [0.717, 1.165) is 29.5 Å². The van der Waals surface area contributed by atoms with Crippen molar-refractivity contribution in [2.75, 3.05) is 18.0 Å². The van der Waals surface area contributed by atoms with Gasteiger partial charge in [0.15, 0.2) is 0 Å². The molecular weight excluding hydrogens is 406 g/mol. The van der Waals surface area contributed by atoms with Crippen molar-refractivity contribution < 1.29 is 9.59 Å². The summed E-state index contributed by atoms with van der Waals surface area (Å²) in [6.45, 7) is 3.78. The molecule has 3 atom stereocenters. The number of carbonyl (C=O) groups excluding carboxylic acids is 2. The van der Waals surface area contributed by atoms with Crippen LogP contribution in [0.5, 0.6) is 0 Å². The molecule has 2 aromatic rings. The molecule has 3 aliphatic rings. The summed E-state index contributed by atoms with van der Waals surface area (Å²) < 4.78 is 0.925. The molecule has 5 rings (SSSR count). The summed E-state index contributed by atoms with van der Waals surface area (Å²) in [6, 6.07) is 15.3. The SMILES string of the molecule is Cc1ccc([C@H]2[C@@H]3C(=O)N(c4ccc(Br)cc4)C(=O)[C@@H]3N3CCCN23)cc1. The first kappa shape index (κ1) is 17.1. The Morgan fingerprint density at radius 3 is 2.15 bits per heavy atom. The summed E-state index contributed by atoms with van der Waals surface area (Å²) >= 11 is 3.41. The molecule has 0 aromatic heterocycles. The molecule has 0 unspecified atom stereocenters. The first-order chi connectivity index (χ1) is 13.1. The Kier molecular flexibility index (Phi) is 3.96. The third kappa shape index (κ3) is 2.51. The average Bonchev–Trinajstić information content (AvgIpc) is 3.30. The zero-order valence-electron chi connectivity index (χ0n) is 15.0. The van der Waals surface area contributed by atoms with Crippen LogP contribution in [-0.4, -0.2) is 41.0 Å². The van der Waals surface area contributed by atoms with E-state index in [1.54, 1.807) is 0 Å². The van der Waals surface area contributed by atoms with Crippen LogP contribution < -0.4 is 4.90 Å². The normalized spacial score (nSPS) is 28.1. The molecule has 0 spiro atoms. The van der Waals surface area contributed by atoms with Crippen molar-refractivity contribution in [1.29, 1.82) is 0 Å². The van der Waals surface area contributed by atoms with Crippen molar-refractivity contribution in [2.24, 2.45) is 5.92 Å². The summed E-state index contributed by atoms with van der Waals surface area (Å²) in [5.74, 6) is -0.551. The topological polar surface area (TPSA) is 43.9 Å². The number of rotatable bonds is 2. The molecule has 3 fully saturated rings. The van der Waals surface area contributed by atoms with Crippen molar-refractivity contribution in [1.82, 2.24) is 10.0 Å². The predicted molar refractivity (Wildman–Crippen MR) is 106 cm³/mol. The smallest absolute Gasteiger partial charge is 0.253 e. The zero-order chi connectivity index (χ0) is 18.7. The molecule has 3 aliphatic heterocycles. The van der Waals surface area contributed by atoms with Crippen LogP contribution >= 0.6 is 15.9 Å². The van der Waals surface area contributed by atoms with Crippen LogP contribution in [0.15, 0.2) is 53.0 Å². The van der Waals surface area contributed by atoms with Gasteiger partial charge in [0.1, 0.15) is 6.04 Å². The van der Waals surface area contributed by atoms with Crippen molar-refractivity contribution >= 4 is 33.4 Å². The van der Waals surface area contributed by atoms with Crippen molar-refractivity contribution in [3.8, 4) is 0 Å². The van der Waals surface area contributed by atoms with Gasteiger partial charge in [-0.3, -0.25) is 9.59 Å². The predicted octanol–water partition coefficient (Wildman–Crippen LogP) is 3.29. The van der Waals surface area contributed by atoms with Gasteiger partial charge in [-0.2, -0.15) is 0 Å². The number of imide groups is 1. The molecule has 6 heteroatoms. The molecule has 27 heavy (non-hydrogen) atoms. The average molecular weight is 426 g/mol. The second-order valence-corrected chi connectivity index (χ2v) is 8.41. The summed E-state index contributed by atoms with van der Waals surface area (Å²) in [6.07, 6.45) is 1.02. The number of hydrogen-bond donors (Lipinski definition) is 0. The number of carbonyl (C=O) groups is 2. The monoisotopic (exact) mass is 425 g/mol. The van der Waals surface area contributed by atoms with E-state index >= 15 is 0 Å². The highest BCUT2D eigenvalue weighted by Crippen LogP contribution is 2.48. The fourth-order valence-corrected chi connectivity index (χ4v) is 4.99. The third-order valence-corrected chi connectivity index (χ3v) is 6.44. The minimum atomic E-state index is -0.394. The van der Waals surface area contributed by atoms with Gasteiger partial charge in [0.2, 0.25) is 5.91 Å². The summed E-state index contributed by atoms with van der Waals surface area (Å²) in [5, 5.41) is 4.38. The van der Waals surface area contributed by atoms with Crippen LogP contribution in [0.1, 0.15) is 23.6 Å². The summed E-state index contributed by atoms with van der Waals surface area (Å²) in [7, 11) is 0. The van der Waals surface area contributed by atoms with E-state index in [9.17, 15) is 9.59 Å². The Morgan fingerprint density at radius 1 is 0.852 bits per heavy atom. The quantitative estimate of drug-likeness (QED) is 0.692. The molecule has 0 N–H and O–H groups in total. The minimum Gasteiger partial charge on any atom is -0.274 e. The lowest BCUT2D eigenvalue weighted by Gasteiger charge is -2.29. The fraction of sp³-hybridized carbons (Fsp3) is 0.333. The van der Waals surface area contributed by atoms with E-state index in [0.29, 0.717) is 5.69 Å². The number of hydrogen-bond acceptors (Lipinski definition) is 4. The van der Waals surface area contributed by atoms with E-state index in [2.05, 4.69) is 57.1 Å². The maximum absolute atomic E-state index is 13.4. The van der Waals surface area contributed by atoms with Crippen molar-refractivity contribution in [2.45, 2.75) is 25.4 Å². The number of amides is 2. The Labute approximate surface area is 166 Å². The molecule has 0 radical (unpaired) electrons. The minimum absolute atomic E-state index is 0.0741. The van der Waals surface area contributed by atoms with Gasteiger partial charge in [0.05, 0.1) is 17.6 Å². The number of hydrazine groups is 1. The van der Waals surface area contributed by atoms with Gasteiger partial charge in [-0.05, 0) is 43.2 Å². The van der Waals surface area contributed by atoms with Crippen LogP contribution in [0, 0.1) is 12.8 Å². The highest BCUT2D eigenvalue weighted by atomic mass is 79.9. The molecule has 138 valence electrons. The molecule has 2 aromatic carbocycles. The van der Waals surface area contributed by atoms with Crippen LogP contribution in [0.4, 0.5) is 5.69 Å². The molecule has 0 aliphatic carbocycles. The number of anilines is 1. The number of aryl methyl sites for hydroxylation is 1. The lowest BCUT2D eigenvalue weighted by molar-refractivity contribution is -0.126. The van der Waals surface area contributed by atoms with Crippen LogP contribution in [0.3, 0.4) is 0 Å². The first-order valence-electron chi connectivity index (χ1n) is 9.29. The molecule has 0 bridgehead atoms. The Bertz CT molecular complexity index is 912. The highest BCUT2D eigenvalue weighted by molar-refractivity contribution is 9.10. The molecule has 0 saturated carbocycles. The highest BCUT2D eigenvalue weighted by Gasteiger charge is 2.62. The van der Waals surface area contributed by atoms with E-state index in [4.69, 9.17) is 0 Å². The Morgan fingerprint density at radius 2 is 1.48 bits per heavy atom. The van der Waals surface area contributed by atoms with Crippen molar-refractivity contribution in [3.63, 3.8) is 0 Å². The van der Waals surface area contributed by atoms with Gasteiger partial charge in [-0.15, -0.1) is 0 Å². The van der Waals surface area contributed by atoms with Crippen LogP contribution in [-0.2, 0) is 9.59 Å². The maximum atomic E-state index is 13.4. The Balaban J connectivity index is 1.57. The molecule has 3 heterocycles. The third-order valence-electron chi connectivity index (χ3n) is 5.91. The van der Waals surface area contributed by atoms with Crippen molar-refractivity contribution in [3.05, 3.63) is 64.1 Å². The fourth-order valence-electron chi connectivity index (χ4n) is 4.72. The van der Waals surface area contributed by atoms with Gasteiger partial charge in [0.25, 0.3) is 5.91 Å². The lowest BCUT2D eigenvalue weighted by Crippen LogP contribution is -2.44. The maximum Gasteiger partial charge on any atom is 0.253 e. The number of benzene rings is 2. The second-order valence-electron chi connectivity index (χ2n) is 7.49. The first-order valence-corrected chi connectivity index (χ1v) is 10.1. The molecular formula is C21H20BrN3O2. The number of fused-ring (bicyclic) bond motifs is 3. The molecule has 2 amide bonds. The standard InChI is InChI=1S/C21H20BrN3O2/c1-13-3-5-14(6-4-13)18-17-19(24-12-2-11-23(18)24)21(27)25(20(17)26)16-9-7-15(22)8-10-16/h3-10,17-19H,2,11-12H2,1H3/t17-,18-,19+/m0/s1. The van der Waals surface area contributed by atoms with Gasteiger partial charge in [0, 0.05) is 17.6 Å².